The topological polar surface area (TPSA) is 61.8 Å². The second-order valence-corrected chi connectivity index (χ2v) is 7.15. The molecule has 0 atom stereocenters. The maximum atomic E-state index is 10.7. The van der Waals surface area contributed by atoms with Crippen molar-refractivity contribution in [2.24, 2.45) is 7.05 Å². The molecule has 126 valence electrons. The standard InChI is InChI=1S/C21H21N3O/c1-21(2,3)15-11-9-14(10-12-15)19(25)16(13-22)20-23-17-7-5-6-8-18(17)24(20)4/h5-12,25H,1-4H3/b19-16-. The third kappa shape index (κ3) is 3.01. The van der Waals surface area contributed by atoms with Crippen molar-refractivity contribution in [1.29, 1.82) is 5.26 Å². The third-order valence-corrected chi connectivity index (χ3v) is 4.38. The highest BCUT2D eigenvalue weighted by Gasteiger charge is 2.18. The number of nitrogens with zero attached hydrogens (tertiary/aromatic N) is 3. The van der Waals surface area contributed by atoms with E-state index in [-0.39, 0.29) is 16.7 Å². The van der Waals surface area contributed by atoms with Crippen LogP contribution in [-0.2, 0) is 12.5 Å². The number of imidazole rings is 1. The van der Waals surface area contributed by atoms with E-state index in [0.717, 1.165) is 11.0 Å². The number of aliphatic hydroxyl groups is 1. The molecule has 1 aromatic heterocycles. The first-order chi connectivity index (χ1) is 11.8. The van der Waals surface area contributed by atoms with E-state index in [9.17, 15) is 10.4 Å². The molecule has 0 bridgehead atoms. The van der Waals surface area contributed by atoms with Crippen molar-refractivity contribution in [3.63, 3.8) is 0 Å². The minimum atomic E-state index is -0.0543. The van der Waals surface area contributed by atoms with Gasteiger partial charge in [0.1, 0.15) is 17.4 Å². The third-order valence-electron chi connectivity index (χ3n) is 4.38. The van der Waals surface area contributed by atoms with E-state index in [2.05, 4.69) is 31.8 Å². The quantitative estimate of drug-likeness (QED) is 0.541. The fourth-order valence-electron chi connectivity index (χ4n) is 2.85. The predicted octanol–water partition coefficient (Wildman–Crippen LogP) is 4.82. The Bertz CT molecular complexity index is 996. The van der Waals surface area contributed by atoms with Crippen LogP contribution in [0.2, 0.25) is 0 Å². The van der Waals surface area contributed by atoms with Crippen molar-refractivity contribution in [1.82, 2.24) is 9.55 Å². The summed E-state index contributed by atoms with van der Waals surface area (Å²) in [6.45, 7) is 6.41. The van der Waals surface area contributed by atoms with E-state index in [1.807, 2.05) is 60.1 Å². The molecule has 3 rings (SSSR count). The van der Waals surface area contributed by atoms with Crippen molar-refractivity contribution in [2.75, 3.05) is 0 Å². The van der Waals surface area contributed by atoms with Gasteiger partial charge >= 0.3 is 0 Å². The number of allylic oxidation sites excluding steroid dienone is 1. The largest absolute Gasteiger partial charge is 0.506 e. The summed E-state index contributed by atoms with van der Waals surface area (Å²) in [5.41, 5.74) is 3.70. The highest BCUT2D eigenvalue weighted by atomic mass is 16.3. The summed E-state index contributed by atoms with van der Waals surface area (Å²) in [6.07, 6.45) is 0. The SMILES string of the molecule is Cn1c(/C(C#N)=C(\O)c2ccc(C(C)(C)C)cc2)nc2ccccc21. The molecule has 0 radical (unpaired) electrons. The summed E-state index contributed by atoms with van der Waals surface area (Å²) in [7, 11) is 1.85. The van der Waals surface area contributed by atoms with Gasteiger partial charge in [0, 0.05) is 12.6 Å². The summed E-state index contributed by atoms with van der Waals surface area (Å²) in [5.74, 6) is 0.405. The van der Waals surface area contributed by atoms with Crippen LogP contribution < -0.4 is 0 Å². The Kier molecular flexibility index (Phi) is 4.10. The molecule has 1 heterocycles. The highest BCUT2D eigenvalue weighted by molar-refractivity contribution is 5.94. The summed E-state index contributed by atoms with van der Waals surface area (Å²) in [6, 6.07) is 17.4. The van der Waals surface area contributed by atoms with Gasteiger partial charge in [0.2, 0.25) is 0 Å². The number of hydrogen-bond donors (Lipinski definition) is 1. The predicted molar refractivity (Wildman–Crippen MR) is 101 cm³/mol. The van der Waals surface area contributed by atoms with E-state index in [1.54, 1.807) is 0 Å². The summed E-state index contributed by atoms with van der Waals surface area (Å²) in [5, 5.41) is 20.3. The first-order valence-electron chi connectivity index (χ1n) is 8.19. The van der Waals surface area contributed by atoms with Crippen LogP contribution in [0.4, 0.5) is 0 Å². The van der Waals surface area contributed by atoms with Crippen molar-refractivity contribution >= 4 is 22.4 Å². The fourth-order valence-corrected chi connectivity index (χ4v) is 2.85. The van der Waals surface area contributed by atoms with Gasteiger partial charge in [0.25, 0.3) is 0 Å². The normalized spacial score (nSPS) is 12.8. The number of para-hydroxylation sites is 2. The molecule has 0 unspecified atom stereocenters. The van der Waals surface area contributed by atoms with Gasteiger partial charge < -0.3 is 9.67 Å². The van der Waals surface area contributed by atoms with Gasteiger partial charge in [-0.15, -0.1) is 0 Å². The number of aryl methyl sites for hydroxylation is 1. The molecule has 4 nitrogen and oxygen atoms in total. The van der Waals surface area contributed by atoms with Gasteiger partial charge in [-0.3, -0.25) is 0 Å². The molecule has 0 spiro atoms. The lowest BCUT2D eigenvalue weighted by Gasteiger charge is -2.19. The van der Waals surface area contributed by atoms with Gasteiger partial charge in [-0.05, 0) is 23.1 Å². The Labute approximate surface area is 147 Å². The van der Waals surface area contributed by atoms with Gasteiger partial charge in [0.15, 0.2) is 5.82 Å². The molecule has 0 aliphatic rings. The van der Waals surface area contributed by atoms with Crippen LogP contribution in [0, 0.1) is 11.3 Å². The average Bonchev–Trinajstić information content (AvgIpc) is 2.92. The van der Waals surface area contributed by atoms with Crippen LogP contribution in [0.3, 0.4) is 0 Å². The number of aliphatic hydroxyl groups excluding tert-OH is 1. The van der Waals surface area contributed by atoms with Crippen molar-refractivity contribution < 1.29 is 5.11 Å². The lowest BCUT2D eigenvalue weighted by atomic mass is 9.86. The number of aromatic nitrogens is 2. The molecule has 0 amide bonds. The lowest BCUT2D eigenvalue weighted by Crippen LogP contribution is -2.10. The molecule has 0 saturated carbocycles. The fraction of sp³-hybridized carbons (Fsp3) is 0.238. The Hall–Kier alpha value is -3.06. The molecule has 4 heteroatoms. The van der Waals surface area contributed by atoms with Crippen LogP contribution in [0.5, 0.6) is 0 Å². The molecule has 0 saturated heterocycles. The van der Waals surface area contributed by atoms with Crippen LogP contribution in [0.1, 0.15) is 37.7 Å². The molecule has 25 heavy (non-hydrogen) atoms. The van der Waals surface area contributed by atoms with E-state index in [4.69, 9.17) is 0 Å². The first-order valence-corrected chi connectivity index (χ1v) is 8.19. The molecule has 1 N–H and O–H groups in total. The Balaban J connectivity index is 2.12. The monoisotopic (exact) mass is 331 g/mol. The van der Waals surface area contributed by atoms with Crippen LogP contribution in [0.15, 0.2) is 48.5 Å². The molecule has 0 aliphatic carbocycles. The van der Waals surface area contributed by atoms with E-state index < -0.39 is 0 Å². The van der Waals surface area contributed by atoms with Gasteiger partial charge in [-0.25, -0.2) is 4.98 Å². The molecular weight excluding hydrogens is 310 g/mol. The molecular formula is C21H21N3O. The van der Waals surface area contributed by atoms with E-state index in [1.165, 1.54) is 5.56 Å². The van der Waals surface area contributed by atoms with Gasteiger partial charge in [-0.1, -0.05) is 57.2 Å². The molecule has 0 aliphatic heterocycles. The first kappa shape index (κ1) is 16.8. The summed E-state index contributed by atoms with van der Waals surface area (Å²) in [4.78, 5) is 4.51. The van der Waals surface area contributed by atoms with Crippen molar-refractivity contribution in [3.8, 4) is 6.07 Å². The lowest BCUT2D eigenvalue weighted by molar-refractivity contribution is 0.513. The number of fused-ring (bicyclic) bond motifs is 1. The maximum Gasteiger partial charge on any atom is 0.155 e. The van der Waals surface area contributed by atoms with Gasteiger partial charge in [0.05, 0.1) is 11.0 Å². The maximum absolute atomic E-state index is 10.7. The minimum absolute atomic E-state index is 0.0350. The van der Waals surface area contributed by atoms with Crippen molar-refractivity contribution in [3.05, 3.63) is 65.5 Å². The van der Waals surface area contributed by atoms with E-state index >= 15 is 0 Å². The second-order valence-electron chi connectivity index (χ2n) is 7.15. The van der Waals surface area contributed by atoms with E-state index in [0.29, 0.717) is 11.4 Å². The zero-order valence-corrected chi connectivity index (χ0v) is 14.9. The Morgan fingerprint density at radius 1 is 1.08 bits per heavy atom. The number of rotatable bonds is 2. The molecule has 2 aromatic carbocycles. The van der Waals surface area contributed by atoms with Crippen molar-refractivity contribution in [2.45, 2.75) is 26.2 Å². The van der Waals surface area contributed by atoms with Crippen LogP contribution >= 0.6 is 0 Å². The molecule has 3 aromatic rings. The smallest absolute Gasteiger partial charge is 0.155 e. The van der Waals surface area contributed by atoms with Crippen LogP contribution in [-0.4, -0.2) is 14.7 Å². The molecule has 0 fully saturated rings. The zero-order valence-electron chi connectivity index (χ0n) is 14.9. The Morgan fingerprint density at radius 3 is 2.28 bits per heavy atom. The number of nitriles is 1. The average molecular weight is 331 g/mol. The summed E-state index contributed by atoms with van der Waals surface area (Å²) >= 11 is 0. The number of benzene rings is 2. The summed E-state index contributed by atoms with van der Waals surface area (Å²) < 4.78 is 1.83. The van der Waals surface area contributed by atoms with Crippen LogP contribution in [0.25, 0.3) is 22.4 Å². The van der Waals surface area contributed by atoms with Gasteiger partial charge in [-0.2, -0.15) is 5.26 Å². The second kappa shape index (κ2) is 6.10. The number of hydrogen-bond acceptors (Lipinski definition) is 3. The minimum Gasteiger partial charge on any atom is -0.506 e. The Morgan fingerprint density at radius 2 is 1.72 bits per heavy atom. The zero-order chi connectivity index (χ0) is 18.2. The highest BCUT2D eigenvalue weighted by Crippen LogP contribution is 2.28.